The summed E-state index contributed by atoms with van der Waals surface area (Å²) < 4.78 is 6.07. The number of carbonyl (C=O) groups excluding carboxylic acids is 1. The van der Waals surface area contributed by atoms with E-state index >= 15 is 0 Å². The van der Waals surface area contributed by atoms with Crippen LogP contribution in [0.25, 0.3) is 0 Å². The average Bonchev–Trinajstić information content (AvgIpc) is 3.50. The molecule has 3 aromatic rings. The van der Waals surface area contributed by atoms with Gasteiger partial charge in [-0.25, -0.2) is 15.0 Å². The van der Waals surface area contributed by atoms with Crippen molar-refractivity contribution in [2.24, 2.45) is 5.92 Å². The first-order chi connectivity index (χ1) is 14.9. The number of benzene rings is 1. The first kappa shape index (κ1) is 20.8. The Bertz CT molecular complexity index is 1180. The number of hydrogen-bond acceptors (Lipinski definition) is 6. The first-order valence-corrected chi connectivity index (χ1v) is 10.2. The van der Waals surface area contributed by atoms with Crippen molar-refractivity contribution in [1.29, 1.82) is 5.26 Å². The molecule has 0 saturated heterocycles. The van der Waals surface area contributed by atoms with E-state index in [-0.39, 0.29) is 11.8 Å². The fourth-order valence-corrected chi connectivity index (χ4v) is 3.87. The number of ether oxygens (including phenoxy) is 1. The van der Waals surface area contributed by atoms with E-state index in [2.05, 4.69) is 20.3 Å². The number of anilines is 1. The van der Waals surface area contributed by atoms with Crippen LogP contribution >= 0.6 is 11.6 Å². The van der Waals surface area contributed by atoms with Gasteiger partial charge in [-0.1, -0.05) is 23.7 Å². The van der Waals surface area contributed by atoms with Crippen LogP contribution in [0.15, 0.2) is 48.8 Å². The lowest BCUT2D eigenvalue weighted by atomic mass is 9.93. The highest BCUT2D eigenvalue weighted by atomic mass is 35.5. The molecule has 156 valence electrons. The second-order valence-corrected chi connectivity index (χ2v) is 8.05. The lowest BCUT2D eigenvalue weighted by molar-refractivity contribution is -0.117. The minimum absolute atomic E-state index is 0.155. The average molecular weight is 434 g/mol. The molecule has 1 aliphatic carbocycles. The molecule has 0 bridgehead atoms. The van der Waals surface area contributed by atoms with Gasteiger partial charge in [0.2, 0.25) is 5.91 Å². The molecule has 1 amide bonds. The van der Waals surface area contributed by atoms with Gasteiger partial charge in [-0.05, 0) is 50.1 Å². The van der Waals surface area contributed by atoms with Crippen LogP contribution in [0.5, 0.6) is 5.75 Å². The second-order valence-electron chi connectivity index (χ2n) is 7.61. The van der Waals surface area contributed by atoms with Crippen molar-refractivity contribution in [2.45, 2.75) is 25.7 Å². The highest BCUT2D eigenvalue weighted by Gasteiger charge is 2.60. The number of aryl methyl sites for hydroxylation is 2. The molecule has 0 aliphatic heterocycles. The lowest BCUT2D eigenvalue weighted by Crippen LogP contribution is -2.27. The molecule has 2 unspecified atom stereocenters. The number of nitrogens with zero attached hydrogens (tertiary/aromatic N) is 4. The number of hydrogen-bond donors (Lipinski definition) is 1. The highest BCUT2D eigenvalue weighted by Crippen LogP contribution is 2.55. The molecule has 31 heavy (non-hydrogen) atoms. The topological polar surface area (TPSA) is 101 Å². The smallest absolute Gasteiger partial charge is 0.229 e. The molecule has 7 nitrogen and oxygen atoms in total. The Morgan fingerprint density at radius 2 is 2.13 bits per heavy atom. The van der Waals surface area contributed by atoms with Gasteiger partial charge in [0.25, 0.3) is 0 Å². The van der Waals surface area contributed by atoms with Gasteiger partial charge in [-0.3, -0.25) is 4.79 Å². The molecule has 1 fully saturated rings. The summed E-state index contributed by atoms with van der Waals surface area (Å²) >= 11 is 6.23. The van der Waals surface area contributed by atoms with Crippen LogP contribution in [0.3, 0.4) is 0 Å². The summed E-state index contributed by atoms with van der Waals surface area (Å²) in [4.78, 5) is 25.7. The number of nitriles is 1. The summed E-state index contributed by atoms with van der Waals surface area (Å²) in [5.74, 6) is 1.20. The van der Waals surface area contributed by atoms with E-state index in [0.717, 1.165) is 11.3 Å². The van der Waals surface area contributed by atoms with E-state index in [9.17, 15) is 4.79 Å². The molecule has 1 N–H and O–H groups in total. The van der Waals surface area contributed by atoms with Crippen molar-refractivity contribution in [3.8, 4) is 11.8 Å². The predicted molar refractivity (Wildman–Crippen MR) is 116 cm³/mol. The quantitative estimate of drug-likeness (QED) is 0.630. The Morgan fingerprint density at radius 1 is 1.29 bits per heavy atom. The van der Waals surface area contributed by atoms with Crippen LogP contribution in [0.1, 0.15) is 29.1 Å². The predicted octanol–water partition coefficient (Wildman–Crippen LogP) is 3.99. The van der Waals surface area contributed by atoms with Crippen LogP contribution in [-0.4, -0.2) is 27.5 Å². The summed E-state index contributed by atoms with van der Waals surface area (Å²) in [6.45, 7) is 3.98. The zero-order chi connectivity index (χ0) is 22.0. The SMILES string of the molecule is Cc1ncc(OCC2(c3cccc(Cl)c3)CC2C(=O)Nc2ccc(C#N)cn2)c(C)n1. The lowest BCUT2D eigenvalue weighted by Gasteiger charge is -2.20. The minimum Gasteiger partial charge on any atom is -0.489 e. The Labute approximate surface area is 185 Å². The van der Waals surface area contributed by atoms with Gasteiger partial charge in [0.15, 0.2) is 5.75 Å². The van der Waals surface area contributed by atoms with E-state index in [0.29, 0.717) is 41.0 Å². The minimum atomic E-state index is -0.515. The fraction of sp³-hybridized carbons (Fsp3) is 0.261. The van der Waals surface area contributed by atoms with Gasteiger partial charge < -0.3 is 10.1 Å². The van der Waals surface area contributed by atoms with E-state index in [1.165, 1.54) is 6.20 Å². The normalized spacial score (nSPS) is 19.4. The third kappa shape index (κ3) is 4.35. The van der Waals surface area contributed by atoms with E-state index in [1.807, 2.05) is 38.1 Å². The van der Waals surface area contributed by atoms with Gasteiger partial charge in [-0.15, -0.1) is 0 Å². The standard InChI is InChI=1S/C23H20ClN5O2/c1-14-20(12-26-15(2)28-14)31-13-23(17-4-3-5-18(24)8-17)9-19(23)22(30)29-21-7-6-16(10-25)11-27-21/h3-8,11-12,19H,9,13H2,1-2H3,(H,27,29,30). The first-order valence-electron chi connectivity index (χ1n) is 9.77. The van der Waals surface area contributed by atoms with E-state index < -0.39 is 5.41 Å². The molecule has 1 aliphatic rings. The maximum Gasteiger partial charge on any atom is 0.229 e. The molecular formula is C23H20ClN5O2. The van der Waals surface area contributed by atoms with Crippen molar-refractivity contribution >= 4 is 23.3 Å². The largest absolute Gasteiger partial charge is 0.489 e. The molecule has 2 heterocycles. The molecule has 2 atom stereocenters. The molecule has 2 aromatic heterocycles. The van der Waals surface area contributed by atoms with Crippen LogP contribution in [0.4, 0.5) is 5.82 Å². The summed E-state index contributed by atoms with van der Waals surface area (Å²) in [5, 5.41) is 12.3. The molecule has 1 aromatic carbocycles. The fourth-order valence-electron chi connectivity index (χ4n) is 3.68. The number of halogens is 1. The Balaban J connectivity index is 1.55. The van der Waals surface area contributed by atoms with Gasteiger partial charge >= 0.3 is 0 Å². The number of nitrogens with one attached hydrogen (secondary N) is 1. The number of carbonyl (C=O) groups is 1. The summed E-state index contributed by atoms with van der Waals surface area (Å²) in [7, 11) is 0. The Hall–Kier alpha value is -3.50. The summed E-state index contributed by atoms with van der Waals surface area (Å²) in [5.41, 5.74) is 1.61. The number of pyridine rings is 1. The summed E-state index contributed by atoms with van der Waals surface area (Å²) in [6, 6.07) is 12.7. The highest BCUT2D eigenvalue weighted by molar-refractivity contribution is 6.30. The van der Waals surface area contributed by atoms with Gasteiger partial charge in [0, 0.05) is 16.6 Å². The van der Waals surface area contributed by atoms with Gasteiger partial charge in [-0.2, -0.15) is 5.26 Å². The number of amides is 1. The molecule has 0 spiro atoms. The third-order valence-corrected chi connectivity index (χ3v) is 5.71. The Morgan fingerprint density at radius 3 is 2.81 bits per heavy atom. The summed E-state index contributed by atoms with van der Waals surface area (Å²) in [6.07, 6.45) is 3.69. The van der Waals surface area contributed by atoms with Crippen molar-refractivity contribution < 1.29 is 9.53 Å². The van der Waals surface area contributed by atoms with Crippen LogP contribution < -0.4 is 10.1 Å². The third-order valence-electron chi connectivity index (χ3n) is 5.48. The molecule has 4 rings (SSSR count). The Kier molecular flexibility index (Phi) is 5.57. The van der Waals surface area contributed by atoms with Crippen LogP contribution in [0.2, 0.25) is 5.02 Å². The molecular weight excluding hydrogens is 414 g/mol. The zero-order valence-corrected chi connectivity index (χ0v) is 17.8. The van der Waals surface area contributed by atoms with E-state index in [1.54, 1.807) is 24.4 Å². The van der Waals surface area contributed by atoms with Crippen molar-refractivity contribution in [3.05, 3.63) is 76.5 Å². The van der Waals surface area contributed by atoms with Crippen LogP contribution in [-0.2, 0) is 10.2 Å². The maximum absolute atomic E-state index is 13.0. The van der Waals surface area contributed by atoms with Crippen LogP contribution in [0, 0.1) is 31.1 Å². The van der Waals surface area contributed by atoms with Crippen molar-refractivity contribution in [1.82, 2.24) is 15.0 Å². The molecule has 8 heteroatoms. The monoisotopic (exact) mass is 433 g/mol. The van der Waals surface area contributed by atoms with E-state index in [4.69, 9.17) is 21.6 Å². The molecule has 1 saturated carbocycles. The van der Waals surface area contributed by atoms with Crippen molar-refractivity contribution in [3.63, 3.8) is 0 Å². The number of aromatic nitrogens is 3. The van der Waals surface area contributed by atoms with Crippen molar-refractivity contribution in [2.75, 3.05) is 11.9 Å². The molecule has 0 radical (unpaired) electrons. The zero-order valence-electron chi connectivity index (χ0n) is 17.1. The second kappa shape index (κ2) is 8.32. The van der Waals surface area contributed by atoms with Gasteiger partial charge in [0.1, 0.15) is 17.7 Å². The number of rotatable bonds is 6. The van der Waals surface area contributed by atoms with Gasteiger partial charge in [0.05, 0.1) is 30.0 Å². The maximum atomic E-state index is 13.0.